The molecule has 0 aliphatic rings. The lowest BCUT2D eigenvalue weighted by atomic mass is 10.0. The summed E-state index contributed by atoms with van der Waals surface area (Å²) in [4.78, 5) is 0. The van der Waals surface area contributed by atoms with Gasteiger partial charge in [-0.25, -0.2) is 0 Å². The Balaban J connectivity index is 2.21. The van der Waals surface area contributed by atoms with Crippen LogP contribution < -0.4 is 5.73 Å². The average molecular weight is 298 g/mol. The van der Waals surface area contributed by atoms with Crippen LogP contribution in [0, 0.1) is 0 Å². The fraction of sp³-hybridized carbons (Fsp3) is 0.600. The maximum absolute atomic E-state index is 6.21. The van der Waals surface area contributed by atoms with Gasteiger partial charge in [0.15, 0.2) is 0 Å². The second kappa shape index (κ2) is 8.71. The van der Waals surface area contributed by atoms with Crippen LogP contribution in [-0.4, -0.2) is 0 Å². The first-order chi connectivity index (χ1) is 8.25. The van der Waals surface area contributed by atoms with Crippen LogP contribution in [0.3, 0.4) is 0 Å². The van der Waals surface area contributed by atoms with Crippen LogP contribution in [0.2, 0.25) is 0 Å². The first kappa shape index (κ1) is 14.7. The van der Waals surface area contributed by atoms with E-state index in [0.717, 1.165) is 10.9 Å². The van der Waals surface area contributed by atoms with E-state index in [1.807, 2.05) is 6.07 Å². The van der Waals surface area contributed by atoms with Crippen LogP contribution in [0.25, 0.3) is 0 Å². The largest absolute Gasteiger partial charge is 0.324 e. The molecule has 1 unspecified atom stereocenters. The summed E-state index contributed by atoms with van der Waals surface area (Å²) in [7, 11) is 0. The molecule has 0 saturated heterocycles. The molecule has 1 aromatic rings. The normalized spacial score (nSPS) is 12.6. The van der Waals surface area contributed by atoms with E-state index >= 15 is 0 Å². The molecule has 0 amide bonds. The van der Waals surface area contributed by atoms with E-state index in [1.165, 1.54) is 44.1 Å². The lowest BCUT2D eigenvalue weighted by Crippen LogP contribution is -2.10. The first-order valence-corrected chi connectivity index (χ1v) is 7.55. The third-order valence-corrected chi connectivity index (χ3v) is 3.90. The number of nitrogens with two attached hydrogens (primary N) is 1. The highest BCUT2D eigenvalue weighted by Crippen LogP contribution is 2.25. The van der Waals surface area contributed by atoms with Gasteiger partial charge in [-0.05, 0) is 18.1 Å². The van der Waals surface area contributed by atoms with Crippen LogP contribution in [-0.2, 0) is 0 Å². The van der Waals surface area contributed by atoms with E-state index in [1.54, 1.807) is 0 Å². The summed E-state index contributed by atoms with van der Waals surface area (Å²) in [6.07, 6.45) is 9.07. The van der Waals surface area contributed by atoms with Crippen LogP contribution in [0.15, 0.2) is 28.7 Å². The van der Waals surface area contributed by atoms with Gasteiger partial charge >= 0.3 is 0 Å². The van der Waals surface area contributed by atoms with Gasteiger partial charge in [-0.3, -0.25) is 0 Å². The Bertz CT molecular complexity index is 312. The summed E-state index contributed by atoms with van der Waals surface area (Å²) in [5, 5.41) is 0. The fourth-order valence-corrected chi connectivity index (χ4v) is 2.65. The highest BCUT2D eigenvalue weighted by molar-refractivity contribution is 9.10. The summed E-state index contributed by atoms with van der Waals surface area (Å²) < 4.78 is 1.14. The molecule has 0 bridgehead atoms. The summed E-state index contributed by atoms with van der Waals surface area (Å²) in [6.45, 7) is 2.25. The van der Waals surface area contributed by atoms with Gasteiger partial charge in [0.2, 0.25) is 0 Å². The summed E-state index contributed by atoms with van der Waals surface area (Å²) >= 11 is 3.56. The maximum Gasteiger partial charge on any atom is 0.0306 e. The van der Waals surface area contributed by atoms with Crippen molar-refractivity contribution in [3.05, 3.63) is 34.3 Å². The molecule has 17 heavy (non-hydrogen) atoms. The van der Waals surface area contributed by atoms with Crippen LogP contribution in [0.1, 0.15) is 63.5 Å². The molecule has 1 rings (SSSR count). The molecular formula is C15H24BrN. The van der Waals surface area contributed by atoms with Gasteiger partial charge in [0.1, 0.15) is 0 Å². The molecule has 0 aromatic heterocycles. The predicted molar refractivity (Wildman–Crippen MR) is 79.1 cm³/mol. The highest BCUT2D eigenvalue weighted by atomic mass is 79.9. The number of halogens is 1. The van der Waals surface area contributed by atoms with Crippen molar-refractivity contribution >= 4 is 15.9 Å². The maximum atomic E-state index is 6.21. The zero-order chi connectivity index (χ0) is 12.5. The highest BCUT2D eigenvalue weighted by Gasteiger charge is 2.08. The van der Waals surface area contributed by atoms with E-state index in [2.05, 4.69) is 41.1 Å². The van der Waals surface area contributed by atoms with Crippen molar-refractivity contribution < 1.29 is 0 Å². The zero-order valence-corrected chi connectivity index (χ0v) is 12.4. The SMILES string of the molecule is CCCCCCCCC(N)c1ccccc1Br. The van der Waals surface area contributed by atoms with Crippen LogP contribution >= 0.6 is 15.9 Å². The molecule has 0 radical (unpaired) electrons. The van der Waals surface area contributed by atoms with E-state index in [4.69, 9.17) is 5.73 Å². The van der Waals surface area contributed by atoms with Crippen molar-refractivity contribution in [2.45, 2.75) is 57.9 Å². The average Bonchev–Trinajstić information content (AvgIpc) is 2.34. The molecule has 0 aliphatic heterocycles. The minimum atomic E-state index is 0.178. The van der Waals surface area contributed by atoms with Gasteiger partial charge in [-0.2, -0.15) is 0 Å². The summed E-state index contributed by atoms with van der Waals surface area (Å²) in [6, 6.07) is 8.45. The molecule has 1 nitrogen and oxygen atoms in total. The van der Waals surface area contributed by atoms with Gasteiger partial charge in [-0.15, -0.1) is 0 Å². The third kappa shape index (κ3) is 5.69. The molecular weight excluding hydrogens is 274 g/mol. The topological polar surface area (TPSA) is 26.0 Å². The van der Waals surface area contributed by atoms with E-state index in [-0.39, 0.29) is 6.04 Å². The molecule has 0 heterocycles. The van der Waals surface area contributed by atoms with Crippen LogP contribution in [0.4, 0.5) is 0 Å². The quantitative estimate of drug-likeness (QED) is 0.656. The standard InChI is InChI=1S/C15H24BrN/c1-2-3-4-5-6-7-12-15(17)13-10-8-9-11-14(13)16/h8-11,15H,2-7,12,17H2,1H3. The van der Waals surface area contributed by atoms with Crippen molar-refractivity contribution in [3.63, 3.8) is 0 Å². The summed E-state index contributed by atoms with van der Waals surface area (Å²) in [5.41, 5.74) is 7.44. The molecule has 96 valence electrons. The van der Waals surface area contributed by atoms with Crippen molar-refractivity contribution in [2.24, 2.45) is 5.73 Å². The minimum Gasteiger partial charge on any atom is -0.324 e. The minimum absolute atomic E-state index is 0.178. The fourth-order valence-electron chi connectivity index (χ4n) is 2.08. The van der Waals surface area contributed by atoms with Gasteiger partial charge in [-0.1, -0.05) is 79.6 Å². The second-order valence-electron chi connectivity index (χ2n) is 4.68. The second-order valence-corrected chi connectivity index (χ2v) is 5.54. The van der Waals surface area contributed by atoms with E-state index in [9.17, 15) is 0 Å². The number of unbranched alkanes of at least 4 members (excludes halogenated alkanes) is 5. The van der Waals surface area contributed by atoms with Gasteiger partial charge < -0.3 is 5.73 Å². The Hall–Kier alpha value is -0.340. The molecule has 0 saturated carbocycles. The Morgan fingerprint density at radius 1 is 1.06 bits per heavy atom. The van der Waals surface area contributed by atoms with Crippen molar-refractivity contribution in [2.75, 3.05) is 0 Å². The van der Waals surface area contributed by atoms with Crippen molar-refractivity contribution in [3.8, 4) is 0 Å². The zero-order valence-electron chi connectivity index (χ0n) is 10.8. The van der Waals surface area contributed by atoms with Crippen LogP contribution in [0.5, 0.6) is 0 Å². The molecule has 2 heteroatoms. The predicted octanol–water partition coefficient (Wildman–Crippen LogP) is 5.20. The molecule has 1 atom stereocenters. The third-order valence-electron chi connectivity index (χ3n) is 3.17. The Kier molecular flexibility index (Phi) is 7.54. The lowest BCUT2D eigenvalue weighted by Gasteiger charge is -2.13. The summed E-state index contributed by atoms with van der Waals surface area (Å²) in [5.74, 6) is 0. The number of rotatable bonds is 8. The van der Waals surface area contributed by atoms with Crippen molar-refractivity contribution in [1.82, 2.24) is 0 Å². The number of hydrogen-bond acceptors (Lipinski definition) is 1. The number of hydrogen-bond donors (Lipinski definition) is 1. The Labute approximate surface area is 114 Å². The molecule has 2 N–H and O–H groups in total. The van der Waals surface area contributed by atoms with Crippen molar-refractivity contribution in [1.29, 1.82) is 0 Å². The first-order valence-electron chi connectivity index (χ1n) is 6.75. The van der Waals surface area contributed by atoms with E-state index in [0.29, 0.717) is 0 Å². The van der Waals surface area contributed by atoms with E-state index < -0.39 is 0 Å². The Morgan fingerprint density at radius 2 is 1.71 bits per heavy atom. The molecule has 0 spiro atoms. The monoisotopic (exact) mass is 297 g/mol. The molecule has 0 fully saturated rings. The van der Waals surface area contributed by atoms with Gasteiger partial charge in [0.05, 0.1) is 0 Å². The van der Waals surface area contributed by atoms with Gasteiger partial charge in [0, 0.05) is 10.5 Å². The Morgan fingerprint density at radius 3 is 2.41 bits per heavy atom. The number of benzene rings is 1. The lowest BCUT2D eigenvalue weighted by molar-refractivity contribution is 0.546. The molecule has 1 aromatic carbocycles. The van der Waals surface area contributed by atoms with Gasteiger partial charge in [0.25, 0.3) is 0 Å². The smallest absolute Gasteiger partial charge is 0.0306 e. The molecule has 0 aliphatic carbocycles.